The number of hydrogen-bond donors (Lipinski definition) is 0. The maximum atomic E-state index is 13.3. The molecule has 3 aromatic rings. The van der Waals surface area contributed by atoms with E-state index in [-0.39, 0.29) is 11.0 Å². The van der Waals surface area contributed by atoms with Crippen LogP contribution in [-0.2, 0) is 21.4 Å². The van der Waals surface area contributed by atoms with Crippen LogP contribution in [0.5, 0.6) is 17.2 Å². The number of sulfonamides is 1. The molecule has 0 radical (unpaired) electrons. The van der Waals surface area contributed by atoms with Crippen LogP contribution in [0.4, 0.5) is 0 Å². The summed E-state index contributed by atoms with van der Waals surface area (Å²) in [7, 11) is 0.969. The van der Waals surface area contributed by atoms with Crippen molar-refractivity contribution in [1.82, 2.24) is 9.21 Å². The summed E-state index contributed by atoms with van der Waals surface area (Å²) in [5, 5.41) is 0.663. The molecule has 3 aromatic carbocycles. The molecule has 1 atom stereocenters. The zero-order valence-electron chi connectivity index (χ0n) is 21.8. The fraction of sp³-hybridized carbons (Fsp3) is 0.357. The van der Waals surface area contributed by atoms with Gasteiger partial charge in [0.05, 0.1) is 38.9 Å². The van der Waals surface area contributed by atoms with E-state index < -0.39 is 10.0 Å². The maximum absolute atomic E-state index is 13.3. The molecule has 0 aromatic heterocycles. The van der Waals surface area contributed by atoms with Gasteiger partial charge in [0, 0.05) is 43.8 Å². The molecular formula is C28H33ClN2O6S. The average Bonchev–Trinajstić information content (AvgIpc) is 2.95. The summed E-state index contributed by atoms with van der Waals surface area (Å²) < 4.78 is 50.5. The molecule has 1 aliphatic heterocycles. The molecule has 1 saturated heterocycles. The average molecular weight is 561 g/mol. The van der Waals surface area contributed by atoms with E-state index in [2.05, 4.69) is 4.90 Å². The first kappa shape index (κ1) is 28.2. The Labute approximate surface area is 229 Å². The molecule has 0 amide bonds. The summed E-state index contributed by atoms with van der Waals surface area (Å²) in [5.74, 6) is 1.62. The molecule has 0 saturated carbocycles. The number of rotatable bonds is 11. The van der Waals surface area contributed by atoms with E-state index in [0.717, 1.165) is 16.9 Å². The molecule has 0 spiro atoms. The summed E-state index contributed by atoms with van der Waals surface area (Å²) in [4.78, 5) is 2.41. The van der Waals surface area contributed by atoms with Gasteiger partial charge in [-0.05, 0) is 47.5 Å². The highest BCUT2D eigenvalue weighted by Crippen LogP contribution is 2.31. The van der Waals surface area contributed by atoms with Gasteiger partial charge in [0.15, 0.2) is 11.5 Å². The molecule has 38 heavy (non-hydrogen) atoms. The molecule has 0 aliphatic carbocycles. The lowest BCUT2D eigenvalue weighted by Crippen LogP contribution is -2.49. The van der Waals surface area contributed by atoms with Gasteiger partial charge < -0.3 is 18.9 Å². The number of halogens is 1. The van der Waals surface area contributed by atoms with Crippen LogP contribution in [0.2, 0.25) is 5.02 Å². The molecule has 4 rings (SSSR count). The number of methoxy groups -OCH3 is 3. The van der Waals surface area contributed by atoms with E-state index in [0.29, 0.717) is 55.9 Å². The lowest BCUT2D eigenvalue weighted by molar-refractivity contribution is 0.00763. The Morgan fingerprint density at radius 3 is 2.26 bits per heavy atom. The van der Waals surface area contributed by atoms with E-state index in [1.54, 1.807) is 19.2 Å². The molecule has 8 nitrogen and oxygen atoms in total. The first-order chi connectivity index (χ1) is 18.3. The third kappa shape index (κ3) is 6.78. The smallest absolute Gasteiger partial charge is 0.243 e. The van der Waals surface area contributed by atoms with Crippen molar-refractivity contribution in [2.75, 3.05) is 54.1 Å². The van der Waals surface area contributed by atoms with Crippen LogP contribution in [0, 0.1) is 0 Å². The van der Waals surface area contributed by atoms with E-state index in [1.807, 2.05) is 48.5 Å². The first-order valence-corrected chi connectivity index (χ1v) is 14.1. The van der Waals surface area contributed by atoms with E-state index >= 15 is 0 Å². The zero-order valence-corrected chi connectivity index (χ0v) is 23.4. The number of ether oxygens (including phenoxy) is 4. The third-order valence-corrected chi connectivity index (χ3v) is 8.68. The van der Waals surface area contributed by atoms with Crippen LogP contribution >= 0.6 is 11.6 Å². The van der Waals surface area contributed by atoms with Crippen molar-refractivity contribution in [2.45, 2.75) is 17.6 Å². The van der Waals surface area contributed by atoms with Crippen LogP contribution < -0.4 is 14.2 Å². The van der Waals surface area contributed by atoms with Crippen LogP contribution in [0.1, 0.15) is 17.2 Å². The van der Waals surface area contributed by atoms with Crippen molar-refractivity contribution in [2.24, 2.45) is 0 Å². The number of hydrogen-bond acceptors (Lipinski definition) is 7. The van der Waals surface area contributed by atoms with Crippen LogP contribution in [0.3, 0.4) is 0 Å². The van der Waals surface area contributed by atoms with Gasteiger partial charge >= 0.3 is 0 Å². The first-order valence-electron chi connectivity index (χ1n) is 12.3. The molecule has 0 N–H and O–H groups in total. The second-order valence-electron chi connectivity index (χ2n) is 8.93. The van der Waals surface area contributed by atoms with Gasteiger partial charge in [-0.1, -0.05) is 35.9 Å². The SMILES string of the molecule is COc1cccc([C@H](CN2CCN(S(=O)(=O)c3ccc(OC)c(OC)c3)CC2)OCc2cccc(Cl)c2)c1. The van der Waals surface area contributed by atoms with E-state index in [1.165, 1.54) is 24.6 Å². The minimum atomic E-state index is -3.67. The second-order valence-corrected chi connectivity index (χ2v) is 11.3. The molecule has 10 heteroatoms. The van der Waals surface area contributed by atoms with Crippen LogP contribution in [0.25, 0.3) is 0 Å². The van der Waals surface area contributed by atoms with Crippen LogP contribution in [-0.4, -0.2) is 71.7 Å². The highest BCUT2D eigenvalue weighted by Gasteiger charge is 2.30. The summed E-state index contributed by atoms with van der Waals surface area (Å²) in [6.07, 6.45) is -0.238. The predicted molar refractivity (Wildman–Crippen MR) is 147 cm³/mol. The second kappa shape index (κ2) is 12.8. The maximum Gasteiger partial charge on any atom is 0.243 e. The van der Waals surface area contributed by atoms with Crippen LogP contribution in [0.15, 0.2) is 71.6 Å². The minimum absolute atomic E-state index is 0.183. The quantitative estimate of drug-likeness (QED) is 0.338. The van der Waals surface area contributed by atoms with Gasteiger partial charge in [-0.25, -0.2) is 8.42 Å². The van der Waals surface area contributed by atoms with Crippen molar-refractivity contribution in [3.8, 4) is 17.2 Å². The molecule has 0 unspecified atom stereocenters. The van der Waals surface area contributed by atoms with Gasteiger partial charge in [-0.3, -0.25) is 4.90 Å². The topological polar surface area (TPSA) is 77.5 Å². The summed E-state index contributed by atoms with van der Waals surface area (Å²) in [6, 6.07) is 20.1. The van der Waals surface area contributed by atoms with Crippen molar-refractivity contribution in [1.29, 1.82) is 0 Å². The molecule has 1 fully saturated rings. The van der Waals surface area contributed by atoms with Crippen molar-refractivity contribution in [3.63, 3.8) is 0 Å². The third-order valence-electron chi connectivity index (χ3n) is 6.55. The van der Waals surface area contributed by atoms with Crippen molar-refractivity contribution >= 4 is 21.6 Å². The zero-order chi connectivity index (χ0) is 27.1. The normalized spacial score (nSPS) is 15.7. The highest BCUT2D eigenvalue weighted by molar-refractivity contribution is 7.89. The molecule has 0 bridgehead atoms. The summed E-state index contributed by atoms with van der Waals surface area (Å²) in [5.41, 5.74) is 1.97. The fourth-order valence-corrected chi connectivity index (χ4v) is 6.08. The van der Waals surface area contributed by atoms with Gasteiger partial charge in [0.25, 0.3) is 0 Å². The Balaban J connectivity index is 1.44. The predicted octanol–water partition coefficient (Wildman–Crippen LogP) is 4.63. The lowest BCUT2D eigenvalue weighted by atomic mass is 10.1. The Morgan fingerprint density at radius 1 is 0.842 bits per heavy atom. The highest BCUT2D eigenvalue weighted by atomic mass is 35.5. The minimum Gasteiger partial charge on any atom is -0.497 e. The number of nitrogens with zero attached hydrogens (tertiary/aromatic N) is 2. The monoisotopic (exact) mass is 560 g/mol. The lowest BCUT2D eigenvalue weighted by Gasteiger charge is -2.36. The Kier molecular flexibility index (Phi) is 9.51. The largest absolute Gasteiger partial charge is 0.497 e. The van der Waals surface area contributed by atoms with E-state index in [9.17, 15) is 8.42 Å². The van der Waals surface area contributed by atoms with Crippen molar-refractivity contribution in [3.05, 3.63) is 82.9 Å². The Bertz CT molecular complexity index is 1330. The summed E-state index contributed by atoms with van der Waals surface area (Å²) in [6.45, 7) is 2.90. The van der Waals surface area contributed by atoms with Gasteiger partial charge in [-0.15, -0.1) is 0 Å². The molecular weight excluding hydrogens is 528 g/mol. The van der Waals surface area contributed by atoms with Gasteiger partial charge in [0.2, 0.25) is 10.0 Å². The standard InChI is InChI=1S/C28H33ClN2O6S/c1-34-24-9-5-7-22(17-24)28(37-20-21-6-4-8-23(29)16-21)19-30-12-14-31(15-13-30)38(32,33)25-10-11-26(35-2)27(18-25)36-3/h4-11,16-18,28H,12-15,19-20H2,1-3H3/t28-/m0/s1. The molecule has 204 valence electrons. The van der Waals surface area contributed by atoms with Gasteiger partial charge in [0.1, 0.15) is 5.75 Å². The number of piperazine rings is 1. The fourth-order valence-electron chi connectivity index (χ4n) is 4.43. The van der Waals surface area contributed by atoms with E-state index in [4.69, 9.17) is 30.5 Å². The summed E-state index contributed by atoms with van der Waals surface area (Å²) >= 11 is 6.15. The Morgan fingerprint density at radius 2 is 1.58 bits per heavy atom. The van der Waals surface area contributed by atoms with Gasteiger partial charge in [-0.2, -0.15) is 4.31 Å². The number of benzene rings is 3. The molecule has 1 heterocycles. The van der Waals surface area contributed by atoms with Crippen molar-refractivity contribution < 1.29 is 27.4 Å². The molecule has 1 aliphatic rings. The Hall–Kier alpha value is -2.82.